The number of hydrogen-bond acceptors (Lipinski definition) is 4. The molecule has 1 aromatic carbocycles. The average Bonchev–Trinajstić information content (AvgIpc) is 2.73. The van der Waals surface area contributed by atoms with Crippen molar-refractivity contribution in [3.8, 4) is 17.6 Å². The van der Waals surface area contributed by atoms with Gasteiger partial charge in [0, 0.05) is 12.8 Å². The SMILES string of the molecule is N#CC1(c2cc(Cl)c3c(c2)OCO3)CC(=O)C1. The monoisotopic (exact) mass is 249 g/mol. The van der Waals surface area contributed by atoms with Crippen molar-refractivity contribution >= 4 is 17.4 Å². The zero-order valence-electron chi connectivity index (χ0n) is 8.83. The predicted molar refractivity (Wildman–Crippen MR) is 59.1 cm³/mol. The van der Waals surface area contributed by atoms with Crippen LogP contribution >= 0.6 is 11.6 Å². The molecule has 0 radical (unpaired) electrons. The first-order chi connectivity index (χ1) is 8.14. The zero-order chi connectivity index (χ0) is 12.0. The first kappa shape index (κ1) is 10.4. The van der Waals surface area contributed by atoms with Crippen molar-refractivity contribution in [2.75, 3.05) is 6.79 Å². The molecule has 5 heteroatoms. The number of ketones is 1. The molecule has 1 heterocycles. The fraction of sp³-hybridized carbons (Fsp3) is 0.333. The van der Waals surface area contributed by atoms with E-state index in [1.54, 1.807) is 12.1 Å². The summed E-state index contributed by atoms with van der Waals surface area (Å²) in [4.78, 5) is 11.1. The Morgan fingerprint density at radius 1 is 1.35 bits per heavy atom. The molecule has 0 unspecified atom stereocenters. The average molecular weight is 250 g/mol. The summed E-state index contributed by atoms with van der Waals surface area (Å²) in [5.41, 5.74) is -0.00400. The van der Waals surface area contributed by atoms with Gasteiger partial charge in [0.1, 0.15) is 5.78 Å². The molecule has 0 amide bonds. The molecule has 1 fully saturated rings. The van der Waals surface area contributed by atoms with Gasteiger partial charge in [-0.3, -0.25) is 4.79 Å². The summed E-state index contributed by atoms with van der Waals surface area (Å²) in [5.74, 6) is 1.15. The van der Waals surface area contributed by atoms with Gasteiger partial charge in [-0.2, -0.15) is 5.26 Å². The Labute approximate surface area is 103 Å². The molecule has 2 aliphatic rings. The Morgan fingerprint density at radius 3 is 2.76 bits per heavy atom. The van der Waals surface area contributed by atoms with E-state index in [9.17, 15) is 10.1 Å². The summed E-state index contributed by atoms with van der Waals surface area (Å²) < 4.78 is 10.5. The standard InChI is InChI=1S/C12H8ClNO3/c13-9-1-7(2-10-11(9)17-6-16-10)12(5-14)3-8(15)4-12/h1-2H,3-4,6H2. The molecule has 17 heavy (non-hydrogen) atoms. The van der Waals surface area contributed by atoms with Crippen molar-refractivity contribution in [2.45, 2.75) is 18.3 Å². The van der Waals surface area contributed by atoms with Gasteiger partial charge < -0.3 is 9.47 Å². The van der Waals surface area contributed by atoms with E-state index in [4.69, 9.17) is 21.1 Å². The normalized spacial score (nSPS) is 19.6. The summed E-state index contributed by atoms with van der Waals surface area (Å²) in [6.45, 7) is 0.136. The van der Waals surface area contributed by atoms with E-state index < -0.39 is 5.41 Å². The highest BCUT2D eigenvalue weighted by Gasteiger charge is 2.46. The fourth-order valence-electron chi connectivity index (χ4n) is 2.21. The molecule has 0 N–H and O–H groups in total. The molecule has 1 saturated carbocycles. The highest BCUT2D eigenvalue weighted by Crippen LogP contribution is 2.47. The second-order valence-corrected chi connectivity index (χ2v) is 4.69. The number of halogens is 1. The lowest BCUT2D eigenvalue weighted by atomic mass is 9.65. The van der Waals surface area contributed by atoms with E-state index in [0.717, 1.165) is 5.56 Å². The Kier molecular flexibility index (Phi) is 2.07. The third-order valence-corrected chi connectivity index (χ3v) is 3.47. The lowest BCUT2D eigenvalue weighted by Crippen LogP contribution is -2.40. The van der Waals surface area contributed by atoms with E-state index in [0.29, 0.717) is 16.5 Å². The Bertz CT molecular complexity index is 554. The van der Waals surface area contributed by atoms with Gasteiger partial charge in [0.25, 0.3) is 0 Å². The minimum absolute atomic E-state index is 0.0975. The number of carbonyl (C=O) groups excluding carboxylic acids is 1. The number of nitriles is 1. The zero-order valence-corrected chi connectivity index (χ0v) is 9.58. The molecule has 0 bridgehead atoms. The number of hydrogen-bond donors (Lipinski definition) is 0. The number of rotatable bonds is 1. The minimum Gasteiger partial charge on any atom is -0.454 e. The Balaban J connectivity index is 2.08. The number of carbonyl (C=O) groups is 1. The van der Waals surface area contributed by atoms with Crippen LogP contribution in [0.4, 0.5) is 0 Å². The van der Waals surface area contributed by atoms with Crippen molar-refractivity contribution in [2.24, 2.45) is 0 Å². The maximum atomic E-state index is 11.1. The second-order valence-electron chi connectivity index (χ2n) is 4.28. The molecule has 1 aliphatic carbocycles. The van der Waals surface area contributed by atoms with Gasteiger partial charge in [-0.25, -0.2) is 0 Å². The first-order valence-corrected chi connectivity index (χ1v) is 5.55. The molecule has 0 saturated heterocycles. The van der Waals surface area contributed by atoms with Crippen LogP contribution in [0.5, 0.6) is 11.5 Å². The number of nitrogens with zero attached hydrogens (tertiary/aromatic N) is 1. The van der Waals surface area contributed by atoms with Crippen LogP contribution in [0.1, 0.15) is 18.4 Å². The lowest BCUT2D eigenvalue weighted by Gasteiger charge is -2.34. The highest BCUT2D eigenvalue weighted by atomic mass is 35.5. The number of ether oxygens (including phenoxy) is 2. The van der Waals surface area contributed by atoms with Crippen LogP contribution in [0.15, 0.2) is 12.1 Å². The van der Waals surface area contributed by atoms with Crippen molar-refractivity contribution in [1.82, 2.24) is 0 Å². The largest absolute Gasteiger partial charge is 0.454 e. The van der Waals surface area contributed by atoms with Crippen LogP contribution in [-0.4, -0.2) is 12.6 Å². The van der Waals surface area contributed by atoms with E-state index in [2.05, 4.69) is 6.07 Å². The van der Waals surface area contributed by atoms with Gasteiger partial charge >= 0.3 is 0 Å². The molecule has 0 spiro atoms. The van der Waals surface area contributed by atoms with Gasteiger partial charge in [0.05, 0.1) is 16.5 Å². The summed E-state index contributed by atoms with van der Waals surface area (Å²) in [5, 5.41) is 9.65. The van der Waals surface area contributed by atoms with Gasteiger partial charge in [0.2, 0.25) is 6.79 Å². The smallest absolute Gasteiger partial charge is 0.231 e. The number of Topliss-reactive ketones (excluding diaryl/α,β-unsaturated/α-hetero) is 1. The number of benzene rings is 1. The molecule has 1 aromatic rings. The summed E-state index contributed by atoms with van der Waals surface area (Å²) in [6, 6.07) is 5.63. The molecule has 1 aliphatic heterocycles. The summed E-state index contributed by atoms with van der Waals surface area (Å²) in [7, 11) is 0. The molecule has 3 rings (SSSR count). The summed E-state index contributed by atoms with van der Waals surface area (Å²) in [6.07, 6.45) is 0.499. The minimum atomic E-state index is -0.734. The lowest BCUT2D eigenvalue weighted by molar-refractivity contribution is -0.126. The third kappa shape index (κ3) is 1.39. The van der Waals surface area contributed by atoms with E-state index >= 15 is 0 Å². The highest BCUT2D eigenvalue weighted by molar-refractivity contribution is 6.32. The maximum Gasteiger partial charge on any atom is 0.231 e. The topological polar surface area (TPSA) is 59.3 Å². The maximum absolute atomic E-state index is 11.1. The molecule has 0 atom stereocenters. The van der Waals surface area contributed by atoms with Crippen molar-refractivity contribution in [1.29, 1.82) is 5.26 Å². The van der Waals surface area contributed by atoms with Crippen molar-refractivity contribution in [3.05, 3.63) is 22.7 Å². The van der Waals surface area contributed by atoms with E-state index in [1.807, 2.05) is 0 Å². The van der Waals surface area contributed by atoms with E-state index in [-0.39, 0.29) is 25.4 Å². The first-order valence-electron chi connectivity index (χ1n) is 5.17. The van der Waals surface area contributed by atoms with Crippen LogP contribution in [0.25, 0.3) is 0 Å². The van der Waals surface area contributed by atoms with Crippen molar-refractivity contribution < 1.29 is 14.3 Å². The summed E-state index contributed by atoms with van der Waals surface area (Å²) >= 11 is 6.06. The predicted octanol–water partition coefficient (Wildman–Crippen LogP) is 2.19. The van der Waals surface area contributed by atoms with Gasteiger partial charge in [-0.1, -0.05) is 11.6 Å². The Hall–Kier alpha value is -1.73. The number of fused-ring (bicyclic) bond motifs is 1. The van der Waals surface area contributed by atoms with Gasteiger partial charge in [-0.05, 0) is 17.7 Å². The van der Waals surface area contributed by atoms with Crippen LogP contribution in [0.2, 0.25) is 5.02 Å². The van der Waals surface area contributed by atoms with Crippen LogP contribution in [-0.2, 0) is 10.2 Å². The second kappa shape index (κ2) is 3.38. The van der Waals surface area contributed by atoms with E-state index in [1.165, 1.54) is 0 Å². The van der Waals surface area contributed by atoms with Gasteiger partial charge in [-0.15, -0.1) is 0 Å². The van der Waals surface area contributed by atoms with Crippen molar-refractivity contribution in [3.63, 3.8) is 0 Å². The molecule has 86 valence electrons. The molecular formula is C12H8ClNO3. The third-order valence-electron chi connectivity index (χ3n) is 3.19. The van der Waals surface area contributed by atoms with Crippen LogP contribution in [0, 0.1) is 11.3 Å². The Morgan fingerprint density at radius 2 is 2.12 bits per heavy atom. The van der Waals surface area contributed by atoms with Gasteiger partial charge in [0.15, 0.2) is 11.5 Å². The quantitative estimate of drug-likeness (QED) is 0.766. The molecule has 4 nitrogen and oxygen atoms in total. The van der Waals surface area contributed by atoms with Crippen LogP contribution < -0.4 is 9.47 Å². The fourth-order valence-corrected chi connectivity index (χ4v) is 2.48. The molecule has 0 aromatic heterocycles. The molecular weight excluding hydrogens is 242 g/mol. The van der Waals surface area contributed by atoms with Crippen LogP contribution in [0.3, 0.4) is 0 Å².